The van der Waals surface area contributed by atoms with Crippen LogP contribution in [0.3, 0.4) is 0 Å². The largest absolute Gasteiger partial charge is 0.491 e. The fourth-order valence-corrected chi connectivity index (χ4v) is 2.59. The Labute approximate surface area is 159 Å². The van der Waals surface area contributed by atoms with Gasteiger partial charge >= 0.3 is 0 Å². The summed E-state index contributed by atoms with van der Waals surface area (Å²) in [7, 11) is 0. The van der Waals surface area contributed by atoms with E-state index in [0.29, 0.717) is 11.5 Å². The molecule has 0 heterocycles. The van der Waals surface area contributed by atoms with Gasteiger partial charge in [-0.3, -0.25) is 0 Å². The van der Waals surface area contributed by atoms with Crippen molar-refractivity contribution >= 4 is 0 Å². The van der Waals surface area contributed by atoms with Crippen molar-refractivity contribution in [1.29, 1.82) is 0 Å². The highest BCUT2D eigenvalue weighted by Crippen LogP contribution is 2.33. The lowest BCUT2D eigenvalue weighted by Crippen LogP contribution is -2.22. The SMILES string of the molecule is CC(C)(c1ccc(OC[C@H](O)CO)cc1)c1ccc(OC[C@H](O)CO)cc1. The Morgan fingerprint density at radius 3 is 1.33 bits per heavy atom. The average Bonchev–Trinajstić information content (AvgIpc) is 2.70. The van der Waals surface area contributed by atoms with Crippen molar-refractivity contribution in [3.8, 4) is 11.5 Å². The monoisotopic (exact) mass is 376 g/mol. The zero-order chi connectivity index (χ0) is 19.9. The van der Waals surface area contributed by atoms with Crippen LogP contribution in [0.1, 0.15) is 25.0 Å². The number of ether oxygens (including phenoxy) is 2. The Morgan fingerprint density at radius 2 is 1.04 bits per heavy atom. The Kier molecular flexibility index (Phi) is 7.62. The minimum absolute atomic E-state index is 0.0473. The van der Waals surface area contributed by atoms with E-state index in [1.54, 1.807) is 0 Å². The third-order valence-electron chi connectivity index (χ3n) is 4.46. The summed E-state index contributed by atoms with van der Waals surface area (Å²) in [5.41, 5.74) is 1.95. The van der Waals surface area contributed by atoms with Gasteiger partial charge in [-0.05, 0) is 35.4 Å². The molecule has 27 heavy (non-hydrogen) atoms. The topological polar surface area (TPSA) is 99.4 Å². The molecule has 0 bridgehead atoms. The van der Waals surface area contributed by atoms with Crippen molar-refractivity contribution in [2.24, 2.45) is 0 Å². The first-order valence-electron chi connectivity index (χ1n) is 8.91. The fourth-order valence-electron chi connectivity index (χ4n) is 2.59. The molecule has 0 aliphatic heterocycles. The third kappa shape index (κ3) is 5.94. The van der Waals surface area contributed by atoms with Gasteiger partial charge in [0, 0.05) is 5.41 Å². The number of aliphatic hydroxyl groups is 4. The molecule has 0 spiro atoms. The molecule has 148 valence electrons. The molecule has 0 radical (unpaired) electrons. The first-order valence-corrected chi connectivity index (χ1v) is 8.91. The van der Waals surface area contributed by atoms with E-state index in [4.69, 9.17) is 19.7 Å². The smallest absolute Gasteiger partial charge is 0.119 e. The molecule has 2 rings (SSSR count). The van der Waals surface area contributed by atoms with Gasteiger partial charge in [-0.2, -0.15) is 0 Å². The molecule has 0 saturated carbocycles. The van der Waals surface area contributed by atoms with Crippen molar-refractivity contribution in [2.45, 2.75) is 31.5 Å². The summed E-state index contributed by atoms with van der Waals surface area (Å²) in [4.78, 5) is 0. The van der Waals surface area contributed by atoms with Crippen molar-refractivity contribution in [3.05, 3.63) is 59.7 Å². The zero-order valence-corrected chi connectivity index (χ0v) is 15.7. The van der Waals surface area contributed by atoms with E-state index < -0.39 is 12.2 Å². The summed E-state index contributed by atoms with van der Waals surface area (Å²) in [5, 5.41) is 36.3. The normalized spacial score (nSPS) is 13.9. The second kappa shape index (κ2) is 9.71. The van der Waals surface area contributed by atoms with E-state index in [9.17, 15) is 10.2 Å². The van der Waals surface area contributed by atoms with Crippen LogP contribution in [0.4, 0.5) is 0 Å². The second-order valence-corrected chi connectivity index (χ2v) is 6.97. The van der Waals surface area contributed by atoms with Crippen LogP contribution in [-0.2, 0) is 5.41 Å². The van der Waals surface area contributed by atoms with Crippen molar-refractivity contribution in [3.63, 3.8) is 0 Å². The van der Waals surface area contributed by atoms with Gasteiger partial charge in [-0.15, -0.1) is 0 Å². The lowest BCUT2D eigenvalue weighted by atomic mass is 9.78. The predicted octanol–water partition coefficient (Wildman–Crippen LogP) is 1.48. The summed E-state index contributed by atoms with van der Waals surface area (Å²) in [6.07, 6.45) is -1.78. The molecule has 2 aromatic rings. The minimum atomic E-state index is -0.889. The fraction of sp³-hybridized carbons (Fsp3) is 0.429. The number of benzene rings is 2. The van der Waals surface area contributed by atoms with Crippen LogP contribution in [-0.4, -0.2) is 59.1 Å². The van der Waals surface area contributed by atoms with Crippen molar-refractivity contribution in [2.75, 3.05) is 26.4 Å². The van der Waals surface area contributed by atoms with Crippen LogP contribution in [0.15, 0.2) is 48.5 Å². The standard InChI is InChI=1S/C21H28O6/c1-21(2,15-3-7-19(8-4-15)26-13-17(24)11-22)16-5-9-20(10-6-16)27-14-18(25)12-23/h3-10,17-18,22-25H,11-14H2,1-2H3/t17-,18-/m1/s1. The molecule has 0 fully saturated rings. The van der Waals surface area contributed by atoms with E-state index >= 15 is 0 Å². The summed E-state index contributed by atoms with van der Waals surface area (Å²) in [6, 6.07) is 15.3. The van der Waals surface area contributed by atoms with Gasteiger partial charge in [0.15, 0.2) is 0 Å². The van der Waals surface area contributed by atoms with Gasteiger partial charge in [0.2, 0.25) is 0 Å². The van der Waals surface area contributed by atoms with Gasteiger partial charge in [0.1, 0.15) is 36.9 Å². The molecule has 0 aliphatic carbocycles. The van der Waals surface area contributed by atoms with Gasteiger partial charge in [-0.1, -0.05) is 38.1 Å². The summed E-state index contributed by atoms with van der Waals surface area (Å²) < 4.78 is 10.9. The van der Waals surface area contributed by atoms with Crippen LogP contribution in [0, 0.1) is 0 Å². The van der Waals surface area contributed by atoms with Crippen LogP contribution >= 0.6 is 0 Å². The molecule has 2 aromatic carbocycles. The number of hydrogen-bond acceptors (Lipinski definition) is 6. The summed E-state index contributed by atoms with van der Waals surface area (Å²) >= 11 is 0. The molecule has 0 aromatic heterocycles. The van der Waals surface area contributed by atoms with Crippen LogP contribution < -0.4 is 9.47 Å². The predicted molar refractivity (Wildman–Crippen MR) is 102 cm³/mol. The Morgan fingerprint density at radius 1 is 0.704 bits per heavy atom. The number of rotatable bonds is 10. The van der Waals surface area contributed by atoms with Crippen LogP contribution in [0.5, 0.6) is 11.5 Å². The maximum absolute atomic E-state index is 9.35. The first kappa shape index (κ1) is 21.2. The molecule has 4 N–H and O–H groups in total. The first-order chi connectivity index (χ1) is 12.9. The highest BCUT2D eigenvalue weighted by Gasteiger charge is 2.23. The highest BCUT2D eigenvalue weighted by molar-refractivity contribution is 5.41. The van der Waals surface area contributed by atoms with Crippen molar-refractivity contribution < 1.29 is 29.9 Å². The summed E-state index contributed by atoms with van der Waals surface area (Å²) in [6.45, 7) is 3.67. The molecule has 6 heteroatoms. The number of hydrogen-bond donors (Lipinski definition) is 4. The van der Waals surface area contributed by atoms with E-state index in [1.807, 2.05) is 48.5 Å². The molecule has 0 unspecified atom stereocenters. The van der Waals surface area contributed by atoms with Crippen LogP contribution in [0.25, 0.3) is 0 Å². The van der Waals surface area contributed by atoms with Crippen LogP contribution in [0.2, 0.25) is 0 Å². The maximum Gasteiger partial charge on any atom is 0.119 e. The van der Waals surface area contributed by atoms with E-state index in [0.717, 1.165) is 11.1 Å². The van der Waals surface area contributed by atoms with E-state index in [1.165, 1.54) is 0 Å². The van der Waals surface area contributed by atoms with Gasteiger partial charge in [0.05, 0.1) is 13.2 Å². The summed E-state index contributed by atoms with van der Waals surface area (Å²) in [5.74, 6) is 1.27. The zero-order valence-electron chi connectivity index (χ0n) is 15.7. The number of aliphatic hydroxyl groups excluding tert-OH is 4. The maximum atomic E-state index is 9.35. The lowest BCUT2D eigenvalue weighted by Gasteiger charge is -2.26. The molecule has 0 saturated heterocycles. The van der Waals surface area contributed by atoms with E-state index in [-0.39, 0.29) is 31.8 Å². The Balaban J connectivity index is 2.04. The third-order valence-corrected chi connectivity index (χ3v) is 4.46. The molecular weight excluding hydrogens is 348 g/mol. The van der Waals surface area contributed by atoms with Gasteiger partial charge in [-0.25, -0.2) is 0 Å². The Hall–Kier alpha value is -2.12. The molecule has 0 amide bonds. The van der Waals surface area contributed by atoms with E-state index in [2.05, 4.69) is 13.8 Å². The molecule has 0 aliphatic rings. The minimum Gasteiger partial charge on any atom is -0.491 e. The quantitative estimate of drug-likeness (QED) is 0.501. The molecule has 2 atom stereocenters. The highest BCUT2D eigenvalue weighted by atomic mass is 16.5. The van der Waals surface area contributed by atoms with Gasteiger partial charge in [0.25, 0.3) is 0 Å². The lowest BCUT2D eigenvalue weighted by molar-refractivity contribution is 0.0536. The molecule has 6 nitrogen and oxygen atoms in total. The second-order valence-electron chi connectivity index (χ2n) is 6.97. The molecular formula is C21H28O6. The Bertz CT molecular complexity index is 621. The van der Waals surface area contributed by atoms with Gasteiger partial charge < -0.3 is 29.9 Å². The van der Waals surface area contributed by atoms with Crippen molar-refractivity contribution in [1.82, 2.24) is 0 Å². The average molecular weight is 376 g/mol.